The zero-order chi connectivity index (χ0) is 19.4. The van der Waals surface area contributed by atoms with Crippen LogP contribution in [0, 0.1) is 10.1 Å². The Morgan fingerprint density at radius 2 is 1.89 bits per heavy atom. The van der Waals surface area contributed by atoms with E-state index < -0.39 is 4.92 Å². The number of hydrogen-bond donors (Lipinski definition) is 0. The van der Waals surface area contributed by atoms with Crippen molar-refractivity contribution in [3.05, 3.63) is 80.6 Å². The Bertz CT molecular complexity index is 1050. The van der Waals surface area contributed by atoms with Crippen LogP contribution in [-0.2, 0) is 6.54 Å². The molecule has 0 atom stereocenters. The molecule has 0 saturated carbocycles. The molecule has 8 heteroatoms. The lowest BCUT2D eigenvalue weighted by atomic mass is 10.1. The number of benzene rings is 2. The average Bonchev–Trinajstić information content (AvgIpc) is 2.69. The van der Waals surface area contributed by atoms with Crippen molar-refractivity contribution >= 4 is 5.69 Å². The molecular weight excluding hydrogens is 350 g/mol. The number of rotatable bonds is 6. The molecule has 8 nitrogen and oxygen atoms in total. The Kier molecular flexibility index (Phi) is 5.16. The van der Waals surface area contributed by atoms with Gasteiger partial charge in [-0.05, 0) is 29.8 Å². The van der Waals surface area contributed by atoms with Crippen molar-refractivity contribution in [2.75, 3.05) is 14.2 Å². The van der Waals surface area contributed by atoms with Gasteiger partial charge in [-0.1, -0.05) is 12.1 Å². The summed E-state index contributed by atoms with van der Waals surface area (Å²) >= 11 is 0. The molecule has 138 valence electrons. The van der Waals surface area contributed by atoms with E-state index in [1.165, 1.54) is 22.9 Å². The number of ether oxygens (including phenoxy) is 2. The maximum Gasteiger partial charge on any atom is 0.269 e. The largest absolute Gasteiger partial charge is 0.497 e. The van der Waals surface area contributed by atoms with Crippen LogP contribution < -0.4 is 15.0 Å². The fourth-order valence-electron chi connectivity index (χ4n) is 2.66. The van der Waals surface area contributed by atoms with Crippen LogP contribution in [0.15, 0.2) is 59.4 Å². The number of aromatic nitrogens is 2. The van der Waals surface area contributed by atoms with Gasteiger partial charge in [0.1, 0.15) is 11.5 Å². The highest BCUT2D eigenvalue weighted by atomic mass is 16.6. The minimum absolute atomic E-state index is 0.0360. The van der Waals surface area contributed by atoms with Crippen LogP contribution in [0.1, 0.15) is 5.56 Å². The molecule has 0 aliphatic rings. The minimum atomic E-state index is -0.475. The van der Waals surface area contributed by atoms with Gasteiger partial charge in [0.25, 0.3) is 11.2 Å². The van der Waals surface area contributed by atoms with Gasteiger partial charge < -0.3 is 9.47 Å². The van der Waals surface area contributed by atoms with Crippen molar-refractivity contribution in [3.63, 3.8) is 0 Å². The van der Waals surface area contributed by atoms with E-state index in [9.17, 15) is 14.9 Å². The van der Waals surface area contributed by atoms with Crippen molar-refractivity contribution in [2.45, 2.75) is 6.54 Å². The second kappa shape index (κ2) is 7.69. The number of nitro groups is 1. The van der Waals surface area contributed by atoms with Gasteiger partial charge in [-0.3, -0.25) is 14.9 Å². The van der Waals surface area contributed by atoms with E-state index in [0.717, 1.165) is 0 Å². The first kappa shape index (κ1) is 18.1. The van der Waals surface area contributed by atoms with Crippen molar-refractivity contribution < 1.29 is 14.4 Å². The predicted octanol–water partition coefficient (Wildman–Crippen LogP) is 2.88. The summed E-state index contributed by atoms with van der Waals surface area (Å²) < 4.78 is 11.9. The van der Waals surface area contributed by atoms with Crippen LogP contribution in [0.4, 0.5) is 5.69 Å². The van der Waals surface area contributed by atoms with Gasteiger partial charge in [0.2, 0.25) is 0 Å². The highest BCUT2D eigenvalue weighted by Crippen LogP contribution is 2.31. The van der Waals surface area contributed by atoms with Gasteiger partial charge in [-0.25, -0.2) is 4.68 Å². The van der Waals surface area contributed by atoms with Crippen LogP contribution in [-0.4, -0.2) is 28.9 Å². The summed E-state index contributed by atoms with van der Waals surface area (Å²) in [6.45, 7) is 0.112. The Labute approximate surface area is 154 Å². The molecule has 3 rings (SSSR count). The fourth-order valence-corrected chi connectivity index (χ4v) is 2.66. The standard InChI is InChI=1S/C19H17N3O5/c1-26-15-6-8-18(27-2)16(11-15)17-7-9-19(23)21(20-17)12-13-4-3-5-14(10-13)22(24)25/h3-11H,12H2,1-2H3. The minimum Gasteiger partial charge on any atom is -0.497 e. The molecule has 3 aromatic rings. The normalized spacial score (nSPS) is 10.4. The quantitative estimate of drug-likeness (QED) is 0.491. The summed E-state index contributed by atoms with van der Waals surface area (Å²) in [5, 5.41) is 15.3. The maximum atomic E-state index is 12.2. The molecule has 0 radical (unpaired) electrons. The molecule has 0 spiro atoms. The second-order valence-corrected chi connectivity index (χ2v) is 5.71. The third-order valence-corrected chi connectivity index (χ3v) is 4.00. The monoisotopic (exact) mass is 367 g/mol. The number of nitro benzene ring substituents is 1. The molecule has 0 unspecified atom stereocenters. The van der Waals surface area contributed by atoms with E-state index >= 15 is 0 Å². The van der Waals surface area contributed by atoms with E-state index in [1.807, 2.05) is 0 Å². The van der Waals surface area contributed by atoms with E-state index in [1.54, 1.807) is 50.6 Å². The molecule has 0 N–H and O–H groups in total. The summed E-state index contributed by atoms with van der Waals surface area (Å²) in [5.41, 5.74) is 1.45. The van der Waals surface area contributed by atoms with Gasteiger partial charge >= 0.3 is 0 Å². The summed E-state index contributed by atoms with van der Waals surface area (Å²) in [6.07, 6.45) is 0. The van der Waals surface area contributed by atoms with Gasteiger partial charge in [0.05, 0.1) is 31.4 Å². The zero-order valence-corrected chi connectivity index (χ0v) is 14.8. The van der Waals surface area contributed by atoms with Crippen LogP contribution in [0.2, 0.25) is 0 Å². The highest BCUT2D eigenvalue weighted by Gasteiger charge is 2.12. The average molecular weight is 367 g/mol. The van der Waals surface area contributed by atoms with Gasteiger partial charge in [0, 0.05) is 23.8 Å². The van der Waals surface area contributed by atoms with Crippen molar-refractivity contribution in [1.29, 1.82) is 0 Å². The zero-order valence-electron chi connectivity index (χ0n) is 14.8. The molecule has 0 fully saturated rings. The summed E-state index contributed by atoms with van der Waals surface area (Å²) in [5.74, 6) is 1.22. The summed E-state index contributed by atoms with van der Waals surface area (Å²) in [4.78, 5) is 22.7. The lowest BCUT2D eigenvalue weighted by Crippen LogP contribution is -2.22. The lowest BCUT2D eigenvalue weighted by Gasteiger charge is -2.12. The van der Waals surface area contributed by atoms with Crippen molar-refractivity contribution in [2.24, 2.45) is 0 Å². The molecule has 27 heavy (non-hydrogen) atoms. The molecular formula is C19H17N3O5. The smallest absolute Gasteiger partial charge is 0.269 e. The van der Waals surface area contributed by atoms with Crippen molar-refractivity contribution in [3.8, 4) is 22.8 Å². The lowest BCUT2D eigenvalue weighted by molar-refractivity contribution is -0.384. The molecule has 2 aromatic carbocycles. The third kappa shape index (κ3) is 3.95. The van der Waals surface area contributed by atoms with Gasteiger partial charge in [-0.15, -0.1) is 0 Å². The first-order valence-corrected chi connectivity index (χ1v) is 8.05. The number of non-ortho nitro benzene ring substituents is 1. The molecule has 0 aliphatic heterocycles. The summed E-state index contributed by atoms with van der Waals surface area (Å²) in [6, 6.07) is 14.4. The Hall–Kier alpha value is -3.68. The van der Waals surface area contributed by atoms with Crippen LogP contribution in [0.25, 0.3) is 11.3 Å². The van der Waals surface area contributed by atoms with Crippen LogP contribution in [0.3, 0.4) is 0 Å². The number of nitrogens with zero attached hydrogens (tertiary/aromatic N) is 3. The Morgan fingerprint density at radius 1 is 1.07 bits per heavy atom. The molecule has 0 amide bonds. The SMILES string of the molecule is COc1ccc(OC)c(-c2ccc(=O)n(Cc3cccc([N+](=O)[O-])c3)n2)c1. The van der Waals surface area contributed by atoms with Crippen LogP contribution >= 0.6 is 0 Å². The molecule has 0 saturated heterocycles. The first-order valence-electron chi connectivity index (χ1n) is 8.05. The van der Waals surface area contributed by atoms with Gasteiger partial charge in [-0.2, -0.15) is 5.10 Å². The molecule has 0 aliphatic carbocycles. The highest BCUT2D eigenvalue weighted by molar-refractivity contribution is 5.68. The molecule has 0 bridgehead atoms. The van der Waals surface area contributed by atoms with E-state index in [0.29, 0.717) is 28.3 Å². The predicted molar refractivity (Wildman–Crippen MR) is 99.2 cm³/mol. The van der Waals surface area contributed by atoms with E-state index in [2.05, 4.69) is 5.10 Å². The first-order chi connectivity index (χ1) is 13.0. The Morgan fingerprint density at radius 3 is 2.59 bits per heavy atom. The fraction of sp³-hybridized carbons (Fsp3) is 0.158. The maximum absolute atomic E-state index is 12.2. The van der Waals surface area contributed by atoms with Gasteiger partial charge in [0.15, 0.2) is 0 Å². The van der Waals surface area contributed by atoms with E-state index in [-0.39, 0.29) is 17.8 Å². The van der Waals surface area contributed by atoms with Crippen molar-refractivity contribution in [1.82, 2.24) is 9.78 Å². The molecule has 1 heterocycles. The third-order valence-electron chi connectivity index (χ3n) is 4.00. The Balaban J connectivity index is 2.02. The topological polar surface area (TPSA) is 96.5 Å². The number of hydrogen-bond acceptors (Lipinski definition) is 6. The summed E-state index contributed by atoms with van der Waals surface area (Å²) in [7, 11) is 3.10. The number of methoxy groups -OCH3 is 2. The van der Waals surface area contributed by atoms with E-state index in [4.69, 9.17) is 9.47 Å². The second-order valence-electron chi connectivity index (χ2n) is 5.71. The van der Waals surface area contributed by atoms with Crippen LogP contribution in [0.5, 0.6) is 11.5 Å². The molecule has 1 aromatic heterocycles.